The predicted octanol–water partition coefficient (Wildman–Crippen LogP) is 9.53. The molecule has 4 nitrogen and oxygen atoms in total. The van der Waals surface area contributed by atoms with Crippen molar-refractivity contribution in [2.75, 3.05) is 0 Å². The molecule has 1 fully saturated rings. The minimum Gasteiger partial charge on any atom is -0.507 e. The largest absolute Gasteiger partial charge is 0.507 e. The second-order valence-corrected chi connectivity index (χ2v) is 12.1. The van der Waals surface area contributed by atoms with Crippen LogP contribution in [0.5, 0.6) is 11.5 Å². The molecule has 0 radical (unpaired) electrons. The number of hydrogen-bond acceptors (Lipinski definition) is 4. The Morgan fingerprint density at radius 1 is 0.595 bits per heavy atom. The quantitative estimate of drug-likeness (QED) is 0.212. The molecule has 0 aliphatic heterocycles. The Labute approximate surface area is 250 Å². The zero-order valence-corrected chi connectivity index (χ0v) is 25.2. The molecule has 2 atom stereocenters. The van der Waals surface area contributed by atoms with E-state index in [1.807, 2.05) is 61.0 Å². The van der Waals surface area contributed by atoms with E-state index in [1.54, 1.807) is 0 Å². The zero-order chi connectivity index (χ0) is 29.6. The lowest BCUT2D eigenvalue weighted by molar-refractivity contribution is 0.397. The van der Waals surface area contributed by atoms with E-state index in [-0.39, 0.29) is 23.9 Å². The van der Waals surface area contributed by atoms with Crippen LogP contribution < -0.4 is 0 Å². The first-order valence-electron chi connectivity index (χ1n) is 15.2. The van der Waals surface area contributed by atoms with E-state index in [0.29, 0.717) is 11.5 Å². The van der Waals surface area contributed by atoms with Gasteiger partial charge in [-0.2, -0.15) is 0 Å². The van der Waals surface area contributed by atoms with Gasteiger partial charge in [0.05, 0.1) is 12.1 Å². The second-order valence-electron chi connectivity index (χ2n) is 12.1. The van der Waals surface area contributed by atoms with E-state index in [1.165, 1.54) is 0 Å². The highest BCUT2D eigenvalue weighted by Gasteiger charge is 2.21. The van der Waals surface area contributed by atoms with Gasteiger partial charge in [0.1, 0.15) is 11.5 Å². The molecule has 0 saturated heterocycles. The summed E-state index contributed by atoms with van der Waals surface area (Å²) in [6, 6.07) is 29.1. The lowest BCUT2D eigenvalue weighted by Crippen LogP contribution is -2.21. The van der Waals surface area contributed by atoms with Gasteiger partial charge in [-0.05, 0) is 95.2 Å². The van der Waals surface area contributed by atoms with E-state index >= 15 is 0 Å². The van der Waals surface area contributed by atoms with E-state index < -0.39 is 0 Å². The maximum atomic E-state index is 11.1. The monoisotopic (exact) mass is 558 g/mol. The van der Waals surface area contributed by atoms with Gasteiger partial charge in [-0.25, -0.2) is 0 Å². The SMILES string of the molecule is CC(C)c1cc(-c2ccccc2)cc(C=NC2CCCC(N=Cc3cc(-c4ccccc4)cc(C(C)C)c3O)C2)c1O. The first-order valence-corrected chi connectivity index (χ1v) is 15.2. The normalized spacial score (nSPS) is 17.6. The Bertz CT molecular complexity index is 1440. The van der Waals surface area contributed by atoms with Crippen molar-refractivity contribution in [2.24, 2.45) is 9.98 Å². The van der Waals surface area contributed by atoms with Crippen molar-refractivity contribution in [3.63, 3.8) is 0 Å². The summed E-state index contributed by atoms with van der Waals surface area (Å²) < 4.78 is 0. The van der Waals surface area contributed by atoms with E-state index in [9.17, 15) is 10.2 Å². The molecule has 1 aliphatic rings. The lowest BCUT2D eigenvalue weighted by atomic mass is 9.91. The van der Waals surface area contributed by atoms with Crippen LogP contribution in [-0.4, -0.2) is 34.7 Å². The first kappa shape index (κ1) is 29.3. The highest BCUT2D eigenvalue weighted by Crippen LogP contribution is 2.36. The molecule has 0 bridgehead atoms. The number of rotatable bonds is 8. The molecule has 1 saturated carbocycles. The van der Waals surface area contributed by atoms with Crippen LogP contribution in [0, 0.1) is 0 Å². The van der Waals surface area contributed by atoms with Crippen LogP contribution in [0.3, 0.4) is 0 Å². The molecular formula is C38H42N2O2. The Hall–Kier alpha value is -4.18. The minimum absolute atomic E-state index is 0.138. The molecule has 4 aromatic rings. The van der Waals surface area contributed by atoms with E-state index in [4.69, 9.17) is 9.98 Å². The summed E-state index contributed by atoms with van der Waals surface area (Å²) in [5.41, 5.74) is 7.81. The number of benzene rings is 4. The number of aromatic hydroxyl groups is 2. The van der Waals surface area contributed by atoms with Crippen molar-refractivity contribution in [3.05, 3.63) is 107 Å². The van der Waals surface area contributed by atoms with Crippen LogP contribution in [0.4, 0.5) is 0 Å². The van der Waals surface area contributed by atoms with Crippen LogP contribution in [-0.2, 0) is 0 Å². The van der Waals surface area contributed by atoms with Gasteiger partial charge in [0.25, 0.3) is 0 Å². The molecule has 2 unspecified atom stereocenters. The average Bonchev–Trinajstić information content (AvgIpc) is 3.01. The Balaban J connectivity index is 1.36. The maximum Gasteiger partial charge on any atom is 0.127 e. The number of nitrogens with zero attached hydrogens (tertiary/aromatic N) is 2. The molecule has 0 aromatic heterocycles. The average molecular weight is 559 g/mol. The summed E-state index contributed by atoms with van der Waals surface area (Å²) in [5, 5.41) is 22.2. The fourth-order valence-electron chi connectivity index (χ4n) is 5.81. The fraction of sp³-hybridized carbons (Fsp3) is 0.316. The maximum absolute atomic E-state index is 11.1. The predicted molar refractivity (Wildman–Crippen MR) is 176 cm³/mol. The number of phenols is 2. The molecule has 0 amide bonds. The molecule has 0 heterocycles. The molecular weight excluding hydrogens is 516 g/mol. The highest BCUT2D eigenvalue weighted by molar-refractivity contribution is 5.88. The Morgan fingerprint density at radius 2 is 1.00 bits per heavy atom. The van der Waals surface area contributed by atoms with Crippen molar-refractivity contribution in [2.45, 2.75) is 77.3 Å². The van der Waals surface area contributed by atoms with Gasteiger partial charge in [-0.3, -0.25) is 9.98 Å². The van der Waals surface area contributed by atoms with Crippen LogP contribution in [0.15, 0.2) is 94.9 Å². The van der Waals surface area contributed by atoms with Gasteiger partial charge in [-0.1, -0.05) is 88.4 Å². The van der Waals surface area contributed by atoms with Crippen LogP contribution in [0.25, 0.3) is 22.3 Å². The molecule has 42 heavy (non-hydrogen) atoms. The molecule has 1 aliphatic carbocycles. The summed E-state index contributed by atoms with van der Waals surface area (Å²) in [5.74, 6) is 1.02. The van der Waals surface area contributed by atoms with Crippen molar-refractivity contribution in [1.82, 2.24) is 0 Å². The van der Waals surface area contributed by atoms with Gasteiger partial charge in [0.2, 0.25) is 0 Å². The topological polar surface area (TPSA) is 65.2 Å². The second kappa shape index (κ2) is 13.2. The number of phenolic OH excluding ortho intramolecular Hbond substituents is 2. The third kappa shape index (κ3) is 6.82. The minimum atomic E-state index is 0.138. The van der Waals surface area contributed by atoms with E-state index in [2.05, 4.69) is 64.1 Å². The highest BCUT2D eigenvalue weighted by atomic mass is 16.3. The summed E-state index contributed by atoms with van der Waals surface area (Å²) >= 11 is 0. The lowest BCUT2D eigenvalue weighted by Gasteiger charge is -2.24. The fourth-order valence-corrected chi connectivity index (χ4v) is 5.81. The molecule has 4 heteroatoms. The van der Waals surface area contributed by atoms with Gasteiger partial charge in [0, 0.05) is 23.6 Å². The summed E-state index contributed by atoms with van der Waals surface area (Å²) in [6.45, 7) is 8.41. The molecule has 5 rings (SSSR count). The van der Waals surface area contributed by atoms with Crippen molar-refractivity contribution < 1.29 is 10.2 Å². The summed E-state index contributed by atoms with van der Waals surface area (Å²) in [7, 11) is 0. The molecule has 216 valence electrons. The summed E-state index contributed by atoms with van der Waals surface area (Å²) in [6.07, 6.45) is 7.61. The number of aliphatic imine (C=N–C) groups is 2. The molecule has 0 spiro atoms. The van der Waals surface area contributed by atoms with Crippen LogP contribution in [0.1, 0.15) is 87.5 Å². The smallest absolute Gasteiger partial charge is 0.127 e. The van der Waals surface area contributed by atoms with Gasteiger partial charge in [0.15, 0.2) is 0 Å². The van der Waals surface area contributed by atoms with Gasteiger partial charge < -0.3 is 10.2 Å². The standard InChI is InChI=1S/C38H42N2O2/c1-25(2)35-20-29(27-12-7-5-8-13-27)18-31(37(35)41)23-39-33-16-11-17-34(22-33)40-24-32-19-30(28-14-9-6-10-15-28)21-36(26(3)4)38(32)42/h5-10,12-15,18-21,23-26,33-34,41-42H,11,16-17,22H2,1-4H3. The van der Waals surface area contributed by atoms with Crippen LogP contribution >= 0.6 is 0 Å². The third-order valence-corrected chi connectivity index (χ3v) is 8.26. The van der Waals surface area contributed by atoms with Crippen LogP contribution in [0.2, 0.25) is 0 Å². The third-order valence-electron chi connectivity index (χ3n) is 8.26. The number of hydrogen-bond donors (Lipinski definition) is 2. The van der Waals surface area contributed by atoms with Crippen molar-refractivity contribution in [3.8, 4) is 33.8 Å². The Morgan fingerprint density at radius 3 is 1.38 bits per heavy atom. The van der Waals surface area contributed by atoms with Crippen molar-refractivity contribution in [1.29, 1.82) is 0 Å². The van der Waals surface area contributed by atoms with Gasteiger partial charge in [-0.15, -0.1) is 0 Å². The zero-order valence-electron chi connectivity index (χ0n) is 25.2. The first-order chi connectivity index (χ1) is 20.3. The molecule has 2 N–H and O–H groups in total. The summed E-state index contributed by atoms with van der Waals surface area (Å²) in [4.78, 5) is 9.91. The van der Waals surface area contributed by atoms with Crippen molar-refractivity contribution >= 4 is 12.4 Å². The Kier molecular flexibility index (Phi) is 9.22. The molecule has 4 aromatic carbocycles. The van der Waals surface area contributed by atoms with Gasteiger partial charge >= 0.3 is 0 Å². The van der Waals surface area contributed by atoms with E-state index in [0.717, 1.165) is 70.2 Å².